The van der Waals surface area contributed by atoms with Crippen molar-refractivity contribution in [3.63, 3.8) is 0 Å². The van der Waals surface area contributed by atoms with E-state index in [1.807, 2.05) is 27.7 Å². The highest BCUT2D eigenvalue weighted by molar-refractivity contribution is 5.88. The molecule has 0 aromatic carbocycles. The number of aryl methyl sites for hydroxylation is 2. The SMILES string of the molecule is Cc1cn(C)nc1C(=O)OC(C)(C)C. The van der Waals surface area contributed by atoms with Crippen molar-refractivity contribution in [3.8, 4) is 0 Å². The van der Waals surface area contributed by atoms with E-state index >= 15 is 0 Å². The van der Waals surface area contributed by atoms with Gasteiger partial charge in [0.15, 0.2) is 5.69 Å². The summed E-state index contributed by atoms with van der Waals surface area (Å²) in [6, 6.07) is 0. The van der Waals surface area contributed by atoms with Gasteiger partial charge in [-0.05, 0) is 27.7 Å². The van der Waals surface area contributed by atoms with E-state index in [1.54, 1.807) is 17.9 Å². The van der Waals surface area contributed by atoms with Gasteiger partial charge in [0.1, 0.15) is 5.60 Å². The van der Waals surface area contributed by atoms with E-state index in [4.69, 9.17) is 4.74 Å². The summed E-state index contributed by atoms with van der Waals surface area (Å²) in [6.45, 7) is 7.35. The van der Waals surface area contributed by atoms with Crippen LogP contribution < -0.4 is 0 Å². The molecule has 0 bridgehead atoms. The molecule has 0 saturated carbocycles. The minimum absolute atomic E-state index is 0.365. The van der Waals surface area contributed by atoms with Gasteiger partial charge in [0.05, 0.1) is 0 Å². The number of nitrogens with zero attached hydrogens (tertiary/aromatic N) is 2. The van der Waals surface area contributed by atoms with Crippen molar-refractivity contribution in [1.82, 2.24) is 9.78 Å². The molecule has 0 fully saturated rings. The molecule has 4 heteroatoms. The van der Waals surface area contributed by atoms with Gasteiger partial charge < -0.3 is 4.74 Å². The molecule has 14 heavy (non-hydrogen) atoms. The fourth-order valence-corrected chi connectivity index (χ4v) is 1.14. The Morgan fingerprint density at radius 1 is 1.50 bits per heavy atom. The van der Waals surface area contributed by atoms with Crippen LogP contribution in [0.15, 0.2) is 6.20 Å². The summed E-state index contributed by atoms with van der Waals surface area (Å²) in [7, 11) is 1.78. The molecule has 0 aliphatic carbocycles. The first kappa shape index (κ1) is 10.8. The summed E-state index contributed by atoms with van der Waals surface area (Å²) in [6.07, 6.45) is 1.79. The number of hydrogen-bond acceptors (Lipinski definition) is 3. The van der Waals surface area contributed by atoms with Crippen molar-refractivity contribution in [2.24, 2.45) is 7.05 Å². The van der Waals surface area contributed by atoms with Crippen molar-refractivity contribution in [1.29, 1.82) is 0 Å². The van der Waals surface area contributed by atoms with Crippen molar-refractivity contribution < 1.29 is 9.53 Å². The molecule has 0 spiro atoms. The molecule has 4 nitrogen and oxygen atoms in total. The smallest absolute Gasteiger partial charge is 0.359 e. The van der Waals surface area contributed by atoms with E-state index in [0.29, 0.717) is 5.69 Å². The van der Waals surface area contributed by atoms with Crippen molar-refractivity contribution in [2.75, 3.05) is 0 Å². The van der Waals surface area contributed by atoms with Gasteiger partial charge >= 0.3 is 5.97 Å². The number of carbonyl (C=O) groups excluding carboxylic acids is 1. The van der Waals surface area contributed by atoms with Crippen molar-refractivity contribution in [3.05, 3.63) is 17.5 Å². The van der Waals surface area contributed by atoms with Crippen LogP contribution in [0.3, 0.4) is 0 Å². The van der Waals surface area contributed by atoms with Gasteiger partial charge in [-0.3, -0.25) is 4.68 Å². The molecule has 0 aliphatic heterocycles. The third-order valence-electron chi connectivity index (χ3n) is 1.60. The minimum Gasteiger partial charge on any atom is -0.455 e. The van der Waals surface area contributed by atoms with E-state index < -0.39 is 5.60 Å². The largest absolute Gasteiger partial charge is 0.455 e. The summed E-state index contributed by atoms with van der Waals surface area (Å²) in [4.78, 5) is 11.6. The number of ether oxygens (including phenoxy) is 1. The van der Waals surface area contributed by atoms with E-state index in [0.717, 1.165) is 5.56 Å². The first-order chi connectivity index (χ1) is 6.29. The average Bonchev–Trinajstić information content (AvgIpc) is 2.26. The van der Waals surface area contributed by atoms with E-state index in [2.05, 4.69) is 5.10 Å². The second-order valence-electron chi connectivity index (χ2n) is 4.34. The average molecular weight is 196 g/mol. The van der Waals surface area contributed by atoms with Crippen LogP contribution in [-0.4, -0.2) is 21.4 Å². The van der Waals surface area contributed by atoms with Gasteiger partial charge in [-0.15, -0.1) is 0 Å². The van der Waals surface area contributed by atoms with E-state index in [1.165, 1.54) is 0 Å². The number of hydrogen-bond donors (Lipinski definition) is 0. The molecule has 0 aliphatic rings. The molecule has 0 saturated heterocycles. The molecule has 0 atom stereocenters. The second kappa shape index (κ2) is 3.44. The quantitative estimate of drug-likeness (QED) is 0.642. The lowest BCUT2D eigenvalue weighted by Crippen LogP contribution is -2.24. The van der Waals surface area contributed by atoms with Crippen LogP contribution >= 0.6 is 0 Å². The number of aromatic nitrogens is 2. The zero-order valence-electron chi connectivity index (χ0n) is 9.29. The molecular formula is C10H16N2O2. The molecule has 0 amide bonds. The first-order valence-corrected chi connectivity index (χ1v) is 4.53. The monoisotopic (exact) mass is 196 g/mol. The lowest BCUT2D eigenvalue weighted by Gasteiger charge is -2.18. The molecule has 0 radical (unpaired) electrons. The lowest BCUT2D eigenvalue weighted by atomic mass is 10.2. The molecule has 0 N–H and O–H groups in total. The van der Waals surface area contributed by atoms with Gasteiger partial charge in [-0.2, -0.15) is 5.10 Å². The molecule has 1 rings (SSSR count). The summed E-state index contributed by atoms with van der Waals surface area (Å²) >= 11 is 0. The summed E-state index contributed by atoms with van der Waals surface area (Å²) in [5.74, 6) is -0.365. The van der Waals surface area contributed by atoms with Gasteiger partial charge in [-0.1, -0.05) is 0 Å². The normalized spacial score (nSPS) is 11.5. The fraction of sp³-hybridized carbons (Fsp3) is 0.600. The molecule has 1 heterocycles. The van der Waals surface area contributed by atoms with Gasteiger partial charge in [0.25, 0.3) is 0 Å². The molecule has 78 valence electrons. The zero-order valence-corrected chi connectivity index (χ0v) is 9.29. The minimum atomic E-state index is -0.471. The van der Waals surface area contributed by atoms with Crippen LogP contribution in [0.25, 0.3) is 0 Å². The standard InChI is InChI=1S/C10H16N2O2/c1-7-6-12(5)11-8(7)9(13)14-10(2,3)4/h6H,1-5H3. The summed E-state index contributed by atoms with van der Waals surface area (Å²) in [5, 5.41) is 4.04. The molecule has 0 unspecified atom stereocenters. The fourth-order valence-electron chi connectivity index (χ4n) is 1.14. The van der Waals surface area contributed by atoms with E-state index in [9.17, 15) is 4.79 Å². The topological polar surface area (TPSA) is 44.1 Å². The summed E-state index contributed by atoms with van der Waals surface area (Å²) in [5.41, 5.74) is 0.755. The predicted molar refractivity (Wildman–Crippen MR) is 53.1 cm³/mol. The maximum absolute atomic E-state index is 11.6. The Morgan fingerprint density at radius 2 is 2.07 bits per heavy atom. The van der Waals surface area contributed by atoms with Crippen LogP contribution in [0.2, 0.25) is 0 Å². The molecular weight excluding hydrogens is 180 g/mol. The second-order valence-corrected chi connectivity index (χ2v) is 4.34. The van der Waals surface area contributed by atoms with Gasteiger partial charge in [0, 0.05) is 18.8 Å². The van der Waals surface area contributed by atoms with Crippen LogP contribution in [0.1, 0.15) is 36.8 Å². The van der Waals surface area contributed by atoms with Gasteiger partial charge in [0.2, 0.25) is 0 Å². The van der Waals surface area contributed by atoms with Gasteiger partial charge in [-0.25, -0.2) is 4.79 Å². The maximum atomic E-state index is 11.6. The van der Waals surface area contributed by atoms with Crippen LogP contribution in [0.4, 0.5) is 0 Å². The Labute approximate surface area is 83.9 Å². The Hall–Kier alpha value is -1.32. The van der Waals surface area contributed by atoms with Crippen LogP contribution in [0, 0.1) is 6.92 Å². The zero-order chi connectivity index (χ0) is 10.9. The lowest BCUT2D eigenvalue weighted by molar-refractivity contribution is 0.00613. The third-order valence-corrected chi connectivity index (χ3v) is 1.60. The van der Waals surface area contributed by atoms with Crippen LogP contribution in [-0.2, 0) is 11.8 Å². The number of esters is 1. The highest BCUT2D eigenvalue weighted by Gasteiger charge is 2.21. The Morgan fingerprint density at radius 3 is 2.43 bits per heavy atom. The van der Waals surface area contributed by atoms with E-state index in [-0.39, 0.29) is 5.97 Å². The third kappa shape index (κ3) is 2.58. The molecule has 1 aromatic rings. The Balaban J connectivity index is 2.85. The van der Waals surface area contributed by atoms with Crippen molar-refractivity contribution >= 4 is 5.97 Å². The maximum Gasteiger partial charge on any atom is 0.359 e. The highest BCUT2D eigenvalue weighted by Crippen LogP contribution is 2.13. The molecule has 1 aromatic heterocycles. The number of rotatable bonds is 1. The Kier molecular flexibility index (Phi) is 2.64. The predicted octanol–water partition coefficient (Wildman–Crippen LogP) is 1.68. The van der Waals surface area contributed by atoms with Crippen LogP contribution in [0.5, 0.6) is 0 Å². The Bertz CT molecular complexity index is 347. The first-order valence-electron chi connectivity index (χ1n) is 4.53. The number of carbonyl (C=O) groups is 1. The summed E-state index contributed by atoms with van der Waals surface area (Å²) < 4.78 is 6.81. The highest BCUT2D eigenvalue weighted by atomic mass is 16.6. The van der Waals surface area contributed by atoms with Crippen molar-refractivity contribution in [2.45, 2.75) is 33.3 Å².